The Balaban J connectivity index is 1.42. The number of hydrogen-bond acceptors (Lipinski definition) is 3. The Hall–Kier alpha value is -2.52. The minimum Gasteiger partial charge on any atom is -0.389 e. The average Bonchev–Trinajstić information content (AvgIpc) is 3.37. The van der Waals surface area contributed by atoms with Gasteiger partial charge in [0.2, 0.25) is 0 Å². The smallest absolute Gasteiger partial charge is 0.178 e. The standard InChI is InChI=1S/C30H32O3/c1-29-13-11-20(32)15-19(29)8-10-23-25(29)12-14-30(2)26(23)16-24(28(30)27(33)17-31)22-9-7-18-5-3-4-6-21(18)22/h3-6,9,11-13,15,23-24,26,28,31H,7-8,10,14,16-17H2,1-2H3/t23?,24-,26?,28-,29+,30+/m1/s1. The maximum atomic E-state index is 13.3. The van der Waals surface area contributed by atoms with Crippen molar-refractivity contribution in [1.29, 1.82) is 0 Å². The second kappa shape index (κ2) is 7.24. The molecule has 5 aliphatic rings. The first kappa shape index (κ1) is 21.0. The maximum absolute atomic E-state index is 13.3. The Kier molecular flexibility index (Phi) is 4.61. The molecule has 1 aromatic carbocycles. The molecule has 0 aliphatic heterocycles. The van der Waals surface area contributed by atoms with Crippen LogP contribution in [0.5, 0.6) is 0 Å². The molecule has 6 rings (SSSR count). The second-order valence-corrected chi connectivity index (χ2v) is 11.2. The molecule has 170 valence electrons. The zero-order chi connectivity index (χ0) is 23.0. The molecule has 2 saturated carbocycles. The molecule has 2 unspecified atom stereocenters. The Morgan fingerprint density at radius 3 is 2.79 bits per heavy atom. The average molecular weight is 441 g/mol. The SMILES string of the molecule is C[C@]12C=CC(=O)C=C1CCC1C2=CC[C@@]2(C)C1C[C@H](C1=CCc3ccccc31)[C@@H]2C(=O)CO. The normalized spacial score (nSPS) is 38.5. The number of Topliss-reactive ketones (excluding diaryl/α,β-unsaturated/α-hetero) is 1. The Morgan fingerprint density at radius 1 is 1.15 bits per heavy atom. The van der Waals surface area contributed by atoms with E-state index in [0.717, 1.165) is 32.1 Å². The van der Waals surface area contributed by atoms with E-state index < -0.39 is 0 Å². The highest BCUT2D eigenvalue weighted by Crippen LogP contribution is 2.67. The van der Waals surface area contributed by atoms with Gasteiger partial charge in [-0.15, -0.1) is 0 Å². The van der Waals surface area contributed by atoms with Gasteiger partial charge in [-0.1, -0.05) is 60.6 Å². The lowest BCUT2D eigenvalue weighted by molar-refractivity contribution is -0.130. The fourth-order valence-electron chi connectivity index (χ4n) is 8.23. The number of hydrogen-bond donors (Lipinski definition) is 1. The van der Waals surface area contributed by atoms with Gasteiger partial charge in [-0.25, -0.2) is 0 Å². The first-order chi connectivity index (χ1) is 15.9. The number of aliphatic hydroxyl groups is 1. The Bertz CT molecular complexity index is 1180. The lowest BCUT2D eigenvalue weighted by atomic mass is 9.52. The lowest BCUT2D eigenvalue weighted by Crippen LogP contribution is -2.45. The first-order valence-corrected chi connectivity index (χ1v) is 12.4. The Morgan fingerprint density at radius 2 is 1.97 bits per heavy atom. The molecule has 0 amide bonds. The maximum Gasteiger partial charge on any atom is 0.178 e. The van der Waals surface area contributed by atoms with E-state index in [2.05, 4.69) is 56.3 Å². The number of carbonyl (C=O) groups is 2. The zero-order valence-electron chi connectivity index (χ0n) is 19.5. The molecule has 2 fully saturated rings. The predicted molar refractivity (Wildman–Crippen MR) is 129 cm³/mol. The highest BCUT2D eigenvalue weighted by molar-refractivity contribution is 6.01. The largest absolute Gasteiger partial charge is 0.389 e. The molecule has 33 heavy (non-hydrogen) atoms. The van der Waals surface area contributed by atoms with Gasteiger partial charge < -0.3 is 5.11 Å². The van der Waals surface area contributed by atoms with E-state index in [1.54, 1.807) is 6.08 Å². The number of ketones is 2. The molecule has 0 bridgehead atoms. The quantitative estimate of drug-likeness (QED) is 0.653. The van der Waals surface area contributed by atoms with E-state index in [4.69, 9.17) is 0 Å². The second-order valence-electron chi connectivity index (χ2n) is 11.2. The van der Waals surface area contributed by atoms with Gasteiger partial charge in [0, 0.05) is 11.3 Å². The highest BCUT2D eigenvalue weighted by Gasteiger charge is 2.60. The summed E-state index contributed by atoms with van der Waals surface area (Å²) in [6, 6.07) is 8.58. The van der Waals surface area contributed by atoms with Crippen LogP contribution in [0, 0.1) is 34.5 Å². The van der Waals surface area contributed by atoms with E-state index in [1.807, 2.05) is 6.08 Å². The molecule has 5 aliphatic carbocycles. The summed E-state index contributed by atoms with van der Waals surface area (Å²) in [7, 11) is 0. The van der Waals surface area contributed by atoms with Crippen molar-refractivity contribution in [3.05, 3.63) is 76.9 Å². The van der Waals surface area contributed by atoms with Crippen molar-refractivity contribution < 1.29 is 14.7 Å². The first-order valence-electron chi connectivity index (χ1n) is 12.4. The van der Waals surface area contributed by atoms with Crippen LogP contribution in [-0.2, 0) is 16.0 Å². The van der Waals surface area contributed by atoms with Gasteiger partial charge >= 0.3 is 0 Å². The van der Waals surface area contributed by atoms with E-state index in [0.29, 0.717) is 11.8 Å². The van der Waals surface area contributed by atoms with Gasteiger partial charge in [-0.2, -0.15) is 0 Å². The van der Waals surface area contributed by atoms with Crippen molar-refractivity contribution in [3.8, 4) is 0 Å². The van der Waals surface area contributed by atoms with Crippen LogP contribution < -0.4 is 0 Å². The number of benzene rings is 1. The fraction of sp³-hybridized carbons (Fsp3) is 0.467. The van der Waals surface area contributed by atoms with Crippen LogP contribution in [0.4, 0.5) is 0 Å². The van der Waals surface area contributed by atoms with Gasteiger partial charge in [-0.05, 0) is 91.0 Å². The van der Waals surface area contributed by atoms with Crippen LogP contribution in [0.3, 0.4) is 0 Å². The number of rotatable bonds is 3. The molecular formula is C30H32O3. The monoisotopic (exact) mass is 440 g/mol. The summed E-state index contributed by atoms with van der Waals surface area (Å²) in [6.45, 7) is 4.19. The molecule has 3 heteroatoms. The number of allylic oxidation sites excluding steroid dienone is 8. The van der Waals surface area contributed by atoms with Crippen molar-refractivity contribution >= 4 is 17.1 Å². The summed E-state index contributed by atoms with van der Waals surface area (Å²) in [5.74, 6) is 0.919. The summed E-state index contributed by atoms with van der Waals surface area (Å²) in [6.07, 6.45) is 15.2. The van der Waals surface area contributed by atoms with Crippen LogP contribution in [0.2, 0.25) is 0 Å². The summed E-state index contributed by atoms with van der Waals surface area (Å²) in [5.41, 5.74) is 6.32. The molecule has 3 nitrogen and oxygen atoms in total. The van der Waals surface area contributed by atoms with Crippen molar-refractivity contribution in [2.45, 2.75) is 46.0 Å². The highest BCUT2D eigenvalue weighted by atomic mass is 16.3. The van der Waals surface area contributed by atoms with Crippen LogP contribution in [0.1, 0.15) is 50.7 Å². The molecule has 0 aromatic heterocycles. The molecule has 1 N–H and O–H groups in total. The third-order valence-corrected chi connectivity index (χ3v) is 9.78. The van der Waals surface area contributed by atoms with E-state index in [9.17, 15) is 14.7 Å². The molecule has 0 saturated heterocycles. The van der Waals surface area contributed by atoms with Crippen molar-refractivity contribution in [1.82, 2.24) is 0 Å². The zero-order valence-corrected chi connectivity index (χ0v) is 19.5. The summed E-state index contributed by atoms with van der Waals surface area (Å²) >= 11 is 0. The van der Waals surface area contributed by atoms with Crippen LogP contribution in [0.25, 0.3) is 5.57 Å². The van der Waals surface area contributed by atoms with Crippen molar-refractivity contribution in [2.24, 2.45) is 34.5 Å². The van der Waals surface area contributed by atoms with Gasteiger partial charge in [0.15, 0.2) is 11.6 Å². The van der Waals surface area contributed by atoms with Gasteiger partial charge in [-0.3, -0.25) is 9.59 Å². The van der Waals surface area contributed by atoms with Crippen LogP contribution >= 0.6 is 0 Å². The fourth-order valence-corrected chi connectivity index (χ4v) is 8.23. The summed E-state index contributed by atoms with van der Waals surface area (Å²) in [4.78, 5) is 25.3. The minimum atomic E-state index is -0.380. The number of fused-ring (bicyclic) bond motifs is 6. The molecule has 6 atom stereocenters. The van der Waals surface area contributed by atoms with E-state index in [1.165, 1.54) is 27.8 Å². The van der Waals surface area contributed by atoms with Gasteiger partial charge in [0.05, 0.1) is 0 Å². The molecule has 0 radical (unpaired) electrons. The van der Waals surface area contributed by atoms with Crippen molar-refractivity contribution in [2.75, 3.05) is 6.61 Å². The number of aliphatic hydroxyl groups excluding tert-OH is 1. The number of carbonyl (C=O) groups excluding carboxylic acids is 2. The van der Waals surface area contributed by atoms with E-state index in [-0.39, 0.29) is 40.8 Å². The van der Waals surface area contributed by atoms with Gasteiger partial charge in [0.1, 0.15) is 6.61 Å². The molecular weight excluding hydrogens is 408 g/mol. The Labute approximate surface area is 196 Å². The predicted octanol–water partition coefficient (Wildman–Crippen LogP) is 5.26. The molecule has 0 spiro atoms. The van der Waals surface area contributed by atoms with E-state index >= 15 is 0 Å². The third kappa shape index (κ3) is 2.84. The molecule has 0 heterocycles. The minimum absolute atomic E-state index is 0.00195. The summed E-state index contributed by atoms with van der Waals surface area (Å²) < 4.78 is 0. The topological polar surface area (TPSA) is 54.4 Å². The third-order valence-electron chi connectivity index (χ3n) is 9.78. The van der Waals surface area contributed by atoms with Crippen molar-refractivity contribution in [3.63, 3.8) is 0 Å². The summed E-state index contributed by atoms with van der Waals surface area (Å²) in [5, 5.41) is 9.98. The molecule has 1 aromatic rings. The van der Waals surface area contributed by atoms with Gasteiger partial charge in [0.25, 0.3) is 0 Å². The van der Waals surface area contributed by atoms with Crippen LogP contribution in [-0.4, -0.2) is 23.3 Å². The lowest BCUT2D eigenvalue weighted by Gasteiger charge is -2.52. The van der Waals surface area contributed by atoms with Crippen LogP contribution in [0.15, 0.2) is 65.8 Å².